The molecule has 0 radical (unpaired) electrons. The van der Waals surface area contributed by atoms with Crippen molar-refractivity contribution in [2.75, 3.05) is 0 Å². The van der Waals surface area contributed by atoms with Crippen molar-refractivity contribution < 1.29 is 4.39 Å². The number of aromatic nitrogens is 2. The lowest BCUT2D eigenvalue weighted by Crippen LogP contribution is -2.25. The highest BCUT2D eigenvalue weighted by Crippen LogP contribution is 2.16. The van der Waals surface area contributed by atoms with Gasteiger partial charge in [0.2, 0.25) is 0 Å². The number of aryl methyl sites for hydroxylation is 1. The summed E-state index contributed by atoms with van der Waals surface area (Å²) in [6.45, 7) is 4.99. The predicted molar refractivity (Wildman–Crippen MR) is 67.3 cm³/mol. The fourth-order valence-electron chi connectivity index (χ4n) is 1.79. The average molecular weight is 235 g/mol. The van der Waals surface area contributed by atoms with E-state index in [-0.39, 0.29) is 5.82 Å². The van der Waals surface area contributed by atoms with Gasteiger partial charge in [-0.1, -0.05) is 6.92 Å². The highest BCUT2D eigenvalue weighted by Gasteiger charge is 2.08. The largest absolute Gasteiger partial charge is 0.330 e. The number of nitrogens with one attached hydrogen (secondary N) is 1. The van der Waals surface area contributed by atoms with E-state index >= 15 is 0 Å². The van der Waals surface area contributed by atoms with Gasteiger partial charge in [0.25, 0.3) is 0 Å². The molecule has 0 aliphatic rings. The molecule has 1 aromatic carbocycles. The first kappa shape index (κ1) is 12.0. The molecule has 1 heterocycles. The summed E-state index contributed by atoms with van der Waals surface area (Å²) >= 11 is 0. The van der Waals surface area contributed by atoms with E-state index in [9.17, 15) is 4.39 Å². The van der Waals surface area contributed by atoms with Gasteiger partial charge in [0, 0.05) is 19.2 Å². The first-order valence-corrected chi connectivity index (χ1v) is 5.96. The Hall–Kier alpha value is -1.42. The van der Waals surface area contributed by atoms with Crippen LogP contribution in [0.3, 0.4) is 0 Å². The Bertz CT molecular complexity index is 519. The van der Waals surface area contributed by atoms with Gasteiger partial charge in [-0.05, 0) is 25.5 Å². The van der Waals surface area contributed by atoms with Crippen molar-refractivity contribution in [2.45, 2.75) is 32.9 Å². The van der Waals surface area contributed by atoms with Crippen molar-refractivity contribution in [1.29, 1.82) is 0 Å². The van der Waals surface area contributed by atoms with E-state index in [4.69, 9.17) is 0 Å². The molecule has 0 bridgehead atoms. The number of nitrogens with zero attached hydrogens (tertiary/aromatic N) is 2. The quantitative estimate of drug-likeness (QED) is 0.882. The van der Waals surface area contributed by atoms with Crippen molar-refractivity contribution in [2.24, 2.45) is 7.05 Å². The molecule has 2 rings (SSSR count). The maximum absolute atomic E-state index is 13.1. The molecule has 1 N–H and O–H groups in total. The van der Waals surface area contributed by atoms with E-state index < -0.39 is 0 Å². The fourth-order valence-corrected chi connectivity index (χ4v) is 1.79. The first-order chi connectivity index (χ1) is 8.11. The lowest BCUT2D eigenvalue weighted by molar-refractivity contribution is 0.517. The summed E-state index contributed by atoms with van der Waals surface area (Å²) in [5, 5.41) is 3.39. The molecular formula is C13H18FN3. The number of fused-ring (bicyclic) bond motifs is 1. The molecule has 4 heteroatoms. The number of rotatable bonds is 4. The Labute approximate surface area is 101 Å². The van der Waals surface area contributed by atoms with Crippen LogP contribution in [0.1, 0.15) is 26.1 Å². The van der Waals surface area contributed by atoms with E-state index in [2.05, 4.69) is 24.1 Å². The van der Waals surface area contributed by atoms with Crippen LogP contribution in [0.5, 0.6) is 0 Å². The Morgan fingerprint density at radius 1 is 1.47 bits per heavy atom. The van der Waals surface area contributed by atoms with Gasteiger partial charge in [-0.3, -0.25) is 0 Å². The van der Waals surface area contributed by atoms with Crippen molar-refractivity contribution >= 4 is 11.0 Å². The molecule has 0 fully saturated rings. The summed E-state index contributed by atoms with van der Waals surface area (Å²) in [6, 6.07) is 5.18. The maximum Gasteiger partial charge on any atom is 0.125 e. The SMILES string of the molecule is CCC(C)NCc1nc2cc(F)ccc2n1C. The zero-order chi connectivity index (χ0) is 12.4. The van der Waals surface area contributed by atoms with Gasteiger partial charge in [0.05, 0.1) is 17.6 Å². The van der Waals surface area contributed by atoms with Gasteiger partial charge in [-0.25, -0.2) is 9.37 Å². The Balaban J connectivity index is 2.26. The molecule has 1 unspecified atom stereocenters. The van der Waals surface area contributed by atoms with E-state index in [0.717, 1.165) is 17.8 Å². The third-order valence-electron chi connectivity index (χ3n) is 3.16. The molecule has 0 amide bonds. The number of hydrogen-bond donors (Lipinski definition) is 1. The second-order valence-electron chi connectivity index (χ2n) is 4.41. The van der Waals surface area contributed by atoms with Gasteiger partial charge in [0.1, 0.15) is 11.6 Å². The third kappa shape index (κ3) is 2.47. The molecule has 3 nitrogen and oxygen atoms in total. The second-order valence-corrected chi connectivity index (χ2v) is 4.41. The zero-order valence-electron chi connectivity index (χ0n) is 10.5. The van der Waals surface area contributed by atoms with Gasteiger partial charge in [0.15, 0.2) is 0 Å². The zero-order valence-corrected chi connectivity index (χ0v) is 10.5. The number of benzene rings is 1. The van der Waals surface area contributed by atoms with Gasteiger partial charge < -0.3 is 9.88 Å². The average Bonchev–Trinajstić information content (AvgIpc) is 2.62. The second kappa shape index (κ2) is 4.84. The molecule has 17 heavy (non-hydrogen) atoms. The van der Waals surface area contributed by atoms with E-state index in [1.165, 1.54) is 12.1 Å². The number of halogens is 1. The van der Waals surface area contributed by atoms with Crippen LogP contribution in [0, 0.1) is 5.82 Å². The van der Waals surface area contributed by atoms with Crippen molar-refractivity contribution in [3.8, 4) is 0 Å². The van der Waals surface area contributed by atoms with E-state index in [1.54, 1.807) is 6.07 Å². The molecule has 0 spiro atoms. The van der Waals surface area contributed by atoms with Crippen LogP contribution < -0.4 is 5.32 Å². The topological polar surface area (TPSA) is 29.9 Å². The fraction of sp³-hybridized carbons (Fsp3) is 0.462. The smallest absolute Gasteiger partial charge is 0.125 e. The van der Waals surface area contributed by atoms with E-state index in [1.807, 2.05) is 11.6 Å². The van der Waals surface area contributed by atoms with Crippen molar-refractivity contribution in [3.05, 3.63) is 29.8 Å². The lowest BCUT2D eigenvalue weighted by atomic mass is 10.2. The minimum absolute atomic E-state index is 0.239. The molecule has 2 aromatic rings. The molecule has 1 aromatic heterocycles. The summed E-state index contributed by atoms with van der Waals surface area (Å²) in [6.07, 6.45) is 1.08. The van der Waals surface area contributed by atoms with Crippen LogP contribution in [0.15, 0.2) is 18.2 Å². The van der Waals surface area contributed by atoms with Crippen LogP contribution in [-0.4, -0.2) is 15.6 Å². The van der Waals surface area contributed by atoms with Gasteiger partial charge in [-0.2, -0.15) is 0 Å². The first-order valence-electron chi connectivity index (χ1n) is 5.96. The summed E-state index contributed by atoms with van der Waals surface area (Å²) in [5.74, 6) is 0.697. The van der Waals surface area contributed by atoms with Crippen LogP contribution in [-0.2, 0) is 13.6 Å². The highest BCUT2D eigenvalue weighted by atomic mass is 19.1. The third-order valence-corrected chi connectivity index (χ3v) is 3.16. The van der Waals surface area contributed by atoms with Gasteiger partial charge >= 0.3 is 0 Å². The van der Waals surface area contributed by atoms with Crippen LogP contribution in [0.4, 0.5) is 4.39 Å². The Morgan fingerprint density at radius 3 is 2.94 bits per heavy atom. The standard InChI is InChI=1S/C13H18FN3/c1-4-9(2)15-8-13-16-11-7-10(14)5-6-12(11)17(13)3/h5-7,9,15H,4,8H2,1-3H3. The molecule has 0 saturated heterocycles. The Morgan fingerprint density at radius 2 is 2.24 bits per heavy atom. The Kier molecular flexibility index (Phi) is 3.43. The molecule has 0 saturated carbocycles. The summed E-state index contributed by atoms with van der Waals surface area (Å²) < 4.78 is 15.1. The molecule has 0 aliphatic heterocycles. The summed E-state index contributed by atoms with van der Waals surface area (Å²) in [4.78, 5) is 4.44. The molecule has 92 valence electrons. The molecule has 0 aliphatic carbocycles. The normalized spacial score (nSPS) is 13.2. The summed E-state index contributed by atoms with van der Waals surface area (Å²) in [5.41, 5.74) is 1.68. The van der Waals surface area contributed by atoms with Crippen molar-refractivity contribution in [3.63, 3.8) is 0 Å². The van der Waals surface area contributed by atoms with E-state index in [0.29, 0.717) is 18.1 Å². The summed E-state index contributed by atoms with van der Waals surface area (Å²) in [7, 11) is 1.96. The van der Waals surface area contributed by atoms with Crippen LogP contribution >= 0.6 is 0 Å². The van der Waals surface area contributed by atoms with Crippen LogP contribution in [0.25, 0.3) is 11.0 Å². The molecule has 1 atom stereocenters. The minimum Gasteiger partial charge on any atom is -0.330 e. The minimum atomic E-state index is -0.239. The molecular weight excluding hydrogens is 217 g/mol. The van der Waals surface area contributed by atoms with Gasteiger partial charge in [-0.15, -0.1) is 0 Å². The number of hydrogen-bond acceptors (Lipinski definition) is 2. The number of imidazole rings is 1. The predicted octanol–water partition coefficient (Wildman–Crippen LogP) is 2.60. The highest BCUT2D eigenvalue weighted by molar-refractivity contribution is 5.75. The van der Waals surface area contributed by atoms with Crippen molar-refractivity contribution in [1.82, 2.24) is 14.9 Å². The lowest BCUT2D eigenvalue weighted by Gasteiger charge is -2.10. The van der Waals surface area contributed by atoms with Crippen LogP contribution in [0.2, 0.25) is 0 Å². The monoisotopic (exact) mass is 235 g/mol. The maximum atomic E-state index is 13.1.